The smallest absolute Gasteiger partial charge is 0.407 e. The molecule has 0 spiro atoms. The third-order valence-corrected chi connectivity index (χ3v) is 15.6. The van der Waals surface area contributed by atoms with Crippen LogP contribution in [0.25, 0.3) is 21.9 Å². The van der Waals surface area contributed by atoms with Gasteiger partial charge in [-0.15, -0.1) is 0 Å². The summed E-state index contributed by atoms with van der Waals surface area (Å²) < 4.78 is 39.6. The number of alkyl carbamates (subject to hydrolysis) is 2. The predicted octanol–water partition coefficient (Wildman–Crippen LogP) is 8.84. The molecule has 4 aliphatic carbocycles. The summed E-state index contributed by atoms with van der Waals surface area (Å²) in [6.45, 7) is 11.1. The first-order valence-corrected chi connectivity index (χ1v) is 23.2. The van der Waals surface area contributed by atoms with Crippen LogP contribution in [0, 0.1) is 49.4 Å². The molecule has 1 aromatic carbocycles. The van der Waals surface area contributed by atoms with Crippen LogP contribution in [0.2, 0.25) is 0 Å². The van der Waals surface area contributed by atoms with Gasteiger partial charge in [-0.1, -0.05) is 76.5 Å². The minimum atomic E-state index is -2.07. The number of hydrogen-bond donors (Lipinski definition) is 4. The summed E-state index contributed by atoms with van der Waals surface area (Å²) in [5.41, 5.74) is -2.52. The molecular weight excluding hydrogens is 824 g/mol. The zero-order valence-electron chi connectivity index (χ0n) is 38.2. The van der Waals surface area contributed by atoms with E-state index in [1.54, 1.807) is 26.8 Å². The maximum Gasteiger partial charge on any atom is 0.407 e. The lowest BCUT2D eigenvalue weighted by Crippen LogP contribution is -2.69. The number of carbonyl (C=O) groups excluding carboxylic acids is 4. The third kappa shape index (κ3) is 8.33. The van der Waals surface area contributed by atoms with Crippen LogP contribution >= 0.6 is 0 Å². The number of rotatable bonds is 17. The number of Topliss-reactive ketones (excluding diaryl/α,β-unsaturated/α-hetero) is 1. The van der Waals surface area contributed by atoms with Crippen molar-refractivity contribution in [2.45, 2.75) is 149 Å². The maximum absolute atomic E-state index is 17.4. The molecule has 2 heterocycles. The van der Waals surface area contributed by atoms with Crippen LogP contribution in [0.5, 0.6) is 0 Å². The fourth-order valence-electron chi connectivity index (χ4n) is 11.9. The number of carbonyl (C=O) groups is 4. The van der Waals surface area contributed by atoms with Gasteiger partial charge < -0.3 is 39.2 Å². The Kier molecular flexibility index (Phi) is 13.7. The molecule has 2 saturated carbocycles. The Bertz CT molecular complexity index is 2420. The van der Waals surface area contributed by atoms with Crippen LogP contribution in [0.3, 0.4) is 0 Å². The number of fused-ring (bicyclic) bond motifs is 7. The lowest BCUT2D eigenvalue weighted by molar-refractivity contribution is -0.215. The topological polar surface area (TPSA) is 195 Å². The molecule has 8 atom stereocenters. The number of aliphatic hydroxyl groups is 2. The van der Waals surface area contributed by atoms with E-state index < -0.39 is 76.2 Å². The summed E-state index contributed by atoms with van der Waals surface area (Å²) in [6, 6.07) is 3.40. The van der Waals surface area contributed by atoms with Gasteiger partial charge in [0.15, 0.2) is 18.1 Å². The highest BCUT2D eigenvalue weighted by Gasteiger charge is 2.75. The van der Waals surface area contributed by atoms with Crippen LogP contribution in [0.15, 0.2) is 49.6 Å². The SMILES string of the molecule is Cc1oc2c(C)c3oc(=O)cc(C)c3cc2c1CNC(=O)OCCCCCCCCCCCNC(=O)OCC(=O)[C@@]1(O)[C@H](C)CC2C3CC=C4CC(=O)C=CC4(C)[C@@]3(F)C(O)CC21C. The highest BCUT2D eigenvalue weighted by atomic mass is 19.1. The zero-order valence-corrected chi connectivity index (χ0v) is 38.2. The van der Waals surface area contributed by atoms with Crippen molar-refractivity contribution in [3.63, 3.8) is 0 Å². The van der Waals surface area contributed by atoms with Crippen LogP contribution < -0.4 is 16.3 Å². The van der Waals surface area contributed by atoms with Crippen LogP contribution in [-0.4, -0.2) is 71.1 Å². The first-order valence-electron chi connectivity index (χ1n) is 23.2. The molecule has 0 radical (unpaired) electrons. The van der Waals surface area contributed by atoms with Crippen molar-refractivity contribution in [3.8, 4) is 0 Å². The van der Waals surface area contributed by atoms with E-state index in [2.05, 4.69) is 10.6 Å². The molecule has 348 valence electrons. The summed E-state index contributed by atoms with van der Waals surface area (Å²) in [6.07, 6.45) is 11.5. The largest absolute Gasteiger partial charge is 0.461 e. The minimum Gasteiger partial charge on any atom is -0.461 e. The Labute approximate surface area is 373 Å². The molecule has 7 rings (SSSR count). The molecule has 4 N–H and O–H groups in total. The fourth-order valence-corrected chi connectivity index (χ4v) is 11.9. The van der Waals surface area contributed by atoms with Crippen molar-refractivity contribution in [3.05, 3.63) is 68.8 Å². The van der Waals surface area contributed by atoms with Crippen molar-refractivity contribution in [2.24, 2.45) is 28.6 Å². The average Bonchev–Trinajstić information content (AvgIpc) is 3.67. The molecule has 0 bridgehead atoms. The van der Waals surface area contributed by atoms with Gasteiger partial charge in [-0.05, 0) is 89.3 Å². The Morgan fingerprint density at radius 1 is 0.875 bits per heavy atom. The molecule has 64 heavy (non-hydrogen) atoms. The quantitative estimate of drug-likeness (QED) is 0.0575. The number of amides is 2. The highest BCUT2D eigenvalue weighted by Crippen LogP contribution is 2.70. The second kappa shape index (κ2) is 18.6. The van der Waals surface area contributed by atoms with Gasteiger partial charge in [-0.2, -0.15) is 0 Å². The number of unbranched alkanes of at least 4 members (excludes halogenated alkanes) is 8. The normalized spacial score (nSPS) is 29.5. The van der Waals surface area contributed by atoms with Crippen molar-refractivity contribution < 1.29 is 52.1 Å². The third-order valence-electron chi connectivity index (χ3n) is 15.6. The number of hydrogen-bond acceptors (Lipinski definition) is 11. The summed E-state index contributed by atoms with van der Waals surface area (Å²) in [7, 11) is 0. The molecule has 3 aromatic rings. The molecule has 4 aliphatic rings. The van der Waals surface area contributed by atoms with Crippen molar-refractivity contribution >= 4 is 45.7 Å². The van der Waals surface area contributed by atoms with E-state index in [0.717, 1.165) is 85.3 Å². The molecule has 2 aromatic heterocycles. The molecule has 0 aliphatic heterocycles. The number of furan rings is 1. The number of aryl methyl sites for hydroxylation is 3. The lowest BCUT2D eigenvalue weighted by Gasteiger charge is -2.62. The van der Waals surface area contributed by atoms with Gasteiger partial charge in [-0.3, -0.25) is 9.59 Å². The van der Waals surface area contributed by atoms with Crippen molar-refractivity contribution in [2.75, 3.05) is 19.8 Å². The Hall–Kier alpha value is -4.82. The Morgan fingerprint density at radius 3 is 2.25 bits per heavy atom. The van der Waals surface area contributed by atoms with E-state index >= 15 is 4.39 Å². The van der Waals surface area contributed by atoms with Gasteiger partial charge >= 0.3 is 17.8 Å². The lowest BCUT2D eigenvalue weighted by atomic mass is 9.45. The molecular formula is C50H65FN2O11. The van der Waals surface area contributed by atoms with Gasteiger partial charge in [-0.25, -0.2) is 18.8 Å². The maximum atomic E-state index is 17.4. The second-order valence-electron chi connectivity index (χ2n) is 19.4. The Balaban J connectivity index is 0.739. The monoisotopic (exact) mass is 888 g/mol. The van der Waals surface area contributed by atoms with Crippen LogP contribution in [0.4, 0.5) is 14.0 Å². The van der Waals surface area contributed by atoms with E-state index in [1.807, 2.05) is 32.9 Å². The first-order chi connectivity index (χ1) is 30.4. The van der Waals surface area contributed by atoms with Crippen molar-refractivity contribution in [1.29, 1.82) is 0 Å². The minimum absolute atomic E-state index is 0.0992. The van der Waals surface area contributed by atoms with Crippen LogP contribution in [0.1, 0.15) is 127 Å². The number of alkyl halides is 1. The summed E-state index contributed by atoms with van der Waals surface area (Å²) in [4.78, 5) is 62.9. The number of aliphatic hydroxyl groups excluding tert-OH is 1. The number of ketones is 2. The van der Waals surface area contributed by atoms with E-state index in [9.17, 15) is 34.2 Å². The van der Waals surface area contributed by atoms with E-state index in [1.165, 1.54) is 12.1 Å². The van der Waals surface area contributed by atoms with Gasteiger partial charge in [0.2, 0.25) is 5.78 Å². The number of halogens is 1. The molecule has 5 unspecified atom stereocenters. The molecule has 2 amide bonds. The van der Waals surface area contributed by atoms with Crippen molar-refractivity contribution in [1.82, 2.24) is 10.6 Å². The molecule has 13 nitrogen and oxygen atoms in total. The Morgan fingerprint density at radius 2 is 1.53 bits per heavy atom. The summed E-state index contributed by atoms with van der Waals surface area (Å²) >= 11 is 0. The predicted molar refractivity (Wildman–Crippen MR) is 238 cm³/mol. The number of ether oxygens (including phenoxy) is 2. The number of benzene rings is 1. The van der Waals surface area contributed by atoms with Gasteiger partial charge in [0.1, 0.15) is 22.5 Å². The zero-order chi connectivity index (χ0) is 46.2. The fraction of sp³-hybridized carbons (Fsp3) is 0.620. The first kappa shape index (κ1) is 47.2. The number of allylic oxidation sites excluding steroid dienone is 4. The highest BCUT2D eigenvalue weighted by molar-refractivity contribution is 6.00. The average molecular weight is 889 g/mol. The van der Waals surface area contributed by atoms with E-state index in [4.69, 9.17) is 18.3 Å². The standard InChI is InChI=1S/C50H65FN2O11/c1-29-22-42(57)64-43-31(3)44-36(25-35(29)43)37(32(4)63-44)27-53-46(59)61-21-15-13-11-9-7-8-10-12-14-20-52-45(58)62-28-41(56)50(60)30(2)23-39-38-17-16-33-24-34(54)18-19-47(33,5)49(38,51)40(55)26-48(39,50)6/h16,18-19,22,25,30,38-40,55,60H,7-15,17,20-21,23-24,26-28H2,1-6H3,(H,52,58)(H,53,59)/t30-,38?,39?,40?,47?,48?,49+,50+/m1/s1. The van der Waals surface area contributed by atoms with Gasteiger partial charge in [0.25, 0.3) is 0 Å². The van der Waals surface area contributed by atoms with E-state index in [0.29, 0.717) is 48.5 Å². The van der Waals surface area contributed by atoms with E-state index in [-0.39, 0.29) is 25.2 Å². The summed E-state index contributed by atoms with van der Waals surface area (Å²) in [5, 5.41) is 30.9. The van der Waals surface area contributed by atoms with Gasteiger partial charge in [0.05, 0.1) is 19.3 Å². The molecule has 0 saturated heterocycles. The second-order valence-corrected chi connectivity index (χ2v) is 19.4. The summed E-state index contributed by atoms with van der Waals surface area (Å²) in [5.74, 6) is -1.72. The van der Waals surface area contributed by atoms with Crippen LogP contribution in [-0.2, 0) is 25.6 Å². The van der Waals surface area contributed by atoms with Gasteiger partial charge in [0, 0.05) is 57.7 Å². The molecule has 14 heteroatoms. The number of nitrogens with one attached hydrogen (secondary N) is 2. The molecule has 2 fully saturated rings.